The van der Waals surface area contributed by atoms with Gasteiger partial charge in [0, 0.05) is 18.5 Å². The Morgan fingerprint density at radius 1 is 1.32 bits per heavy atom. The van der Waals surface area contributed by atoms with Crippen LogP contribution >= 0.6 is 22.9 Å². The van der Waals surface area contributed by atoms with Gasteiger partial charge >= 0.3 is 0 Å². The third-order valence-electron chi connectivity index (χ3n) is 3.85. The number of aromatic nitrogens is 1. The molecular weight excluding hydrogens is 276 g/mol. The highest BCUT2D eigenvalue weighted by molar-refractivity contribution is 7.18. The van der Waals surface area contributed by atoms with Gasteiger partial charge in [0.05, 0.1) is 16.8 Å². The van der Waals surface area contributed by atoms with Crippen molar-refractivity contribution in [1.29, 1.82) is 0 Å². The first-order valence-electron chi connectivity index (χ1n) is 7.01. The zero-order valence-corrected chi connectivity index (χ0v) is 12.6. The smallest absolute Gasteiger partial charge is 0.108 e. The van der Waals surface area contributed by atoms with Crippen LogP contribution in [0.15, 0.2) is 24.3 Å². The molecule has 0 radical (unpaired) electrons. The molecule has 1 aliphatic carbocycles. The molecule has 0 saturated heterocycles. The summed E-state index contributed by atoms with van der Waals surface area (Å²) in [6, 6.07) is 9.16. The lowest BCUT2D eigenvalue weighted by molar-refractivity contribution is 0.120. The Kier molecular flexibility index (Phi) is 4.36. The number of para-hydroxylation sites is 1. The highest BCUT2D eigenvalue weighted by atomic mass is 35.5. The SMILES string of the molecule is ClCCCN(Cc1nc2ccccc2s1)C1CCC1. The molecule has 3 rings (SSSR count). The molecule has 1 heterocycles. The summed E-state index contributed by atoms with van der Waals surface area (Å²) >= 11 is 7.66. The zero-order chi connectivity index (χ0) is 13.1. The van der Waals surface area contributed by atoms with Crippen LogP contribution in [0.1, 0.15) is 30.7 Å². The van der Waals surface area contributed by atoms with Crippen molar-refractivity contribution in [3.05, 3.63) is 29.3 Å². The second-order valence-electron chi connectivity index (χ2n) is 5.17. The summed E-state index contributed by atoms with van der Waals surface area (Å²) in [5.74, 6) is 0.753. The van der Waals surface area contributed by atoms with Gasteiger partial charge in [-0.2, -0.15) is 0 Å². The van der Waals surface area contributed by atoms with Crippen LogP contribution in [0.4, 0.5) is 0 Å². The number of hydrogen-bond acceptors (Lipinski definition) is 3. The first-order valence-corrected chi connectivity index (χ1v) is 8.36. The van der Waals surface area contributed by atoms with Crippen molar-refractivity contribution in [3.63, 3.8) is 0 Å². The molecule has 4 heteroatoms. The van der Waals surface area contributed by atoms with Crippen LogP contribution in [0.5, 0.6) is 0 Å². The molecule has 0 amide bonds. The number of rotatable bonds is 6. The molecule has 1 aromatic heterocycles. The highest BCUT2D eigenvalue weighted by Gasteiger charge is 2.25. The van der Waals surface area contributed by atoms with Gasteiger partial charge in [-0.1, -0.05) is 18.6 Å². The summed E-state index contributed by atoms with van der Waals surface area (Å²) in [4.78, 5) is 7.32. The van der Waals surface area contributed by atoms with Gasteiger partial charge in [-0.25, -0.2) is 4.98 Å². The van der Waals surface area contributed by atoms with E-state index in [0.717, 1.165) is 36.9 Å². The fourth-order valence-electron chi connectivity index (χ4n) is 2.57. The molecule has 2 aromatic rings. The van der Waals surface area contributed by atoms with Crippen LogP contribution in [0.2, 0.25) is 0 Å². The van der Waals surface area contributed by atoms with Crippen molar-refractivity contribution in [2.75, 3.05) is 12.4 Å². The summed E-state index contributed by atoms with van der Waals surface area (Å²) < 4.78 is 1.29. The maximum atomic E-state index is 5.84. The van der Waals surface area contributed by atoms with E-state index in [2.05, 4.69) is 29.2 Å². The summed E-state index contributed by atoms with van der Waals surface area (Å²) in [5.41, 5.74) is 1.13. The summed E-state index contributed by atoms with van der Waals surface area (Å²) in [5, 5.41) is 1.24. The fourth-order valence-corrected chi connectivity index (χ4v) is 3.68. The van der Waals surface area contributed by atoms with Crippen LogP contribution in [-0.2, 0) is 6.54 Å². The Balaban J connectivity index is 1.72. The maximum Gasteiger partial charge on any atom is 0.108 e. The second kappa shape index (κ2) is 6.21. The molecule has 1 aromatic carbocycles. The normalized spacial score (nSPS) is 16.1. The van der Waals surface area contributed by atoms with Gasteiger partial charge in [0.25, 0.3) is 0 Å². The first-order chi connectivity index (χ1) is 9.36. The van der Waals surface area contributed by atoms with E-state index in [1.807, 2.05) is 11.3 Å². The van der Waals surface area contributed by atoms with E-state index in [-0.39, 0.29) is 0 Å². The number of alkyl halides is 1. The van der Waals surface area contributed by atoms with E-state index in [9.17, 15) is 0 Å². The molecule has 102 valence electrons. The van der Waals surface area contributed by atoms with Gasteiger partial charge in [0.1, 0.15) is 5.01 Å². The largest absolute Gasteiger partial charge is 0.294 e. The number of benzene rings is 1. The molecule has 0 unspecified atom stereocenters. The topological polar surface area (TPSA) is 16.1 Å². The standard InChI is InChI=1S/C15H19ClN2S/c16-9-4-10-18(12-5-3-6-12)11-15-17-13-7-1-2-8-14(13)19-15/h1-2,7-8,12H,3-6,9-11H2. The average Bonchev–Trinajstić information content (AvgIpc) is 2.76. The molecule has 0 atom stereocenters. The van der Waals surface area contributed by atoms with Crippen molar-refractivity contribution < 1.29 is 0 Å². The second-order valence-corrected chi connectivity index (χ2v) is 6.67. The van der Waals surface area contributed by atoms with Gasteiger partial charge < -0.3 is 0 Å². The fraction of sp³-hybridized carbons (Fsp3) is 0.533. The third kappa shape index (κ3) is 3.10. The molecular formula is C15H19ClN2S. The summed E-state index contributed by atoms with van der Waals surface area (Å²) in [6.45, 7) is 2.09. The van der Waals surface area contributed by atoms with Crippen LogP contribution in [0.25, 0.3) is 10.2 Å². The average molecular weight is 295 g/mol. The van der Waals surface area contributed by atoms with E-state index in [0.29, 0.717) is 0 Å². The number of hydrogen-bond donors (Lipinski definition) is 0. The van der Waals surface area contributed by atoms with Crippen molar-refractivity contribution in [2.45, 2.75) is 38.3 Å². The van der Waals surface area contributed by atoms with Gasteiger partial charge in [-0.15, -0.1) is 22.9 Å². The van der Waals surface area contributed by atoms with E-state index in [1.54, 1.807) is 0 Å². The first kappa shape index (κ1) is 13.3. The van der Waals surface area contributed by atoms with E-state index < -0.39 is 0 Å². The molecule has 0 spiro atoms. The van der Waals surface area contributed by atoms with Crippen LogP contribution in [0.3, 0.4) is 0 Å². The lowest BCUT2D eigenvalue weighted by atomic mass is 9.91. The van der Waals surface area contributed by atoms with Gasteiger partial charge in [0.15, 0.2) is 0 Å². The number of fused-ring (bicyclic) bond motifs is 1. The Morgan fingerprint density at radius 3 is 2.84 bits per heavy atom. The summed E-state index contributed by atoms with van der Waals surface area (Å²) in [6.07, 6.45) is 5.13. The lowest BCUT2D eigenvalue weighted by Gasteiger charge is -2.37. The molecule has 1 saturated carbocycles. The third-order valence-corrected chi connectivity index (χ3v) is 5.13. The Labute approximate surface area is 123 Å². The lowest BCUT2D eigenvalue weighted by Crippen LogP contribution is -2.40. The minimum Gasteiger partial charge on any atom is -0.294 e. The number of thiazole rings is 1. The van der Waals surface area contributed by atoms with E-state index in [4.69, 9.17) is 16.6 Å². The van der Waals surface area contributed by atoms with Crippen molar-refractivity contribution in [1.82, 2.24) is 9.88 Å². The molecule has 0 bridgehead atoms. The van der Waals surface area contributed by atoms with Crippen molar-refractivity contribution in [2.24, 2.45) is 0 Å². The molecule has 19 heavy (non-hydrogen) atoms. The minimum atomic E-state index is 0.753. The van der Waals surface area contributed by atoms with Gasteiger partial charge in [-0.3, -0.25) is 4.90 Å². The predicted molar refractivity (Wildman–Crippen MR) is 83.0 cm³/mol. The molecule has 1 aliphatic rings. The molecule has 2 nitrogen and oxygen atoms in total. The van der Waals surface area contributed by atoms with E-state index in [1.165, 1.54) is 29.0 Å². The van der Waals surface area contributed by atoms with Gasteiger partial charge in [-0.05, 0) is 31.4 Å². The van der Waals surface area contributed by atoms with Crippen molar-refractivity contribution >= 4 is 33.2 Å². The highest BCUT2D eigenvalue weighted by Crippen LogP contribution is 2.28. The van der Waals surface area contributed by atoms with Crippen LogP contribution in [0, 0.1) is 0 Å². The number of nitrogens with zero attached hydrogens (tertiary/aromatic N) is 2. The van der Waals surface area contributed by atoms with Crippen LogP contribution in [-0.4, -0.2) is 28.4 Å². The molecule has 0 aliphatic heterocycles. The molecule has 1 fully saturated rings. The van der Waals surface area contributed by atoms with Crippen molar-refractivity contribution in [3.8, 4) is 0 Å². The Morgan fingerprint density at radius 2 is 2.16 bits per heavy atom. The van der Waals surface area contributed by atoms with Gasteiger partial charge in [0.2, 0.25) is 0 Å². The Bertz CT molecular complexity index is 503. The monoisotopic (exact) mass is 294 g/mol. The summed E-state index contributed by atoms with van der Waals surface area (Å²) in [7, 11) is 0. The van der Waals surface area contributed by atoms with Crippen LogP contribution < -0.4 is 0 Å². The quantitative estimate of drug-likeness (QED) is 0.739. The Hall–Kier alpha value is -0.640. The zero-order valence-electron chi connectivity index (χ0n) is 11.0. The maximum absolute atomic E-state index is 5.84. The number of halogens is 1. The minimum absolute atomic E-state index is 0.753. The van der Waals surface area contributed by atoms with E-state index >= 15 is 0 Å². The predicted octanol–water partition coefficient (Wildman–Crippen LogP) is 4.28. The molecule has 0 N–H and O–H groups in total.